The molecule has 0 saturated carbocycles. The second-order valence-corrected chi connectivity index (χ2v) is 4.31. The summed E-state index contributed by atoms with van der Waals surface area (Å²) in [5, 5.41) is 11.2. The smallest absolute Gasteiger partial charge is 0.282 e. The van der Waals surface area contributed by atoms with Gasteiger partial charge in [-0.25, -0.2) is 8.78 Å². The summed E-state index contributed by atoms with van der Waals surface area (Å²) in [6.07, 6.45) is 0.589. The SMILES string of the molecule is COc1ccccc1CC(C)NCC(F)(F)CO. The normalized spacial score (nSPS) is 13.4. The van der Waals surface area contributed by atoms with Gasteiger partial charge in [-0.1, -0.05) is 18.2 Å². The average Bonchev–Trinajstić information content (AvgIpc) is 2.37. The van der Waals surface area contributed by atoms with Crippen LogP contribution < -0.4 is 10.1 Å². The molecule has 18 heavy (non-hydrogen) atoms. The number of aliphatic hydroxyl groups is 1. The predicted molar refractivity (Wildman–Crippen MR) is 66.2 cm³/mol. The zero-order valence-electron chi connectivity index (χ0n) is 10.6. The highest BCUT2D eigenvalue weighted by Gasteiger charge is 2.27. The summed E-state index contributed by atoms with van der Waals surface area (Å²) in [6, 6.07) is 7.36. The molecule has 0 heterocycles. The molecule has 1 rings (SSSR count). The molecule has 3 nitrogen and oxygen atoms in total. The van der Waals surface area contributed by atoms with Gasteiger partial charge in [0, 0.05) is 6.04 Å². The van der Waals surface area contributed by atoms with Crippen LogP contribution in [0.4, 0.5) is 8.78 Å². The monoisotopic (exact) mass is 259 g/mol. The Morgan fingerprint density at radius 2 is 2.06 bits per heavy atom. The number of halogens is 2. The fraction of sp³-hybridized carbons (Fsp3) is 0.538. The molecule has 1 atom stereocenters. The summed E-state index contributed by atoms with van der Waals surface area (Å²) in [7, 11) is 1.58. The van der Waals surface area contributed by atoms with Gasteiger partial charge in [0.15, 0.2) is 0 Å². The molecule has 0 amide bonds. The zero-order valence-corrected chi connectivity index (χ0v) is 10.6. The van der Waals surface area contributed by atoms with Crippen LogP contribution in [0, 0.1) is 0 Å². The predicted octanol–water partition coefficient (Wildman–Crippen LogP) is 1.84. The first-order valence-corrected chi connectivity index (χ1v) is 5.82. The summed E-state index contributed by atoms with van der Waals surface area (Å²) in [5.74, 6) is -2.32. The molecule has 0 aromatic heterocycles. The lowest BCUT2D eigenvalue weighted by Crippen LogP contribution is -2.40. The van der Waals surface area contributed by atoms with Crippen molar-refractivity contribution in [3.63, 3.8) is 0 Å². The van der Waals surface area contributed by atoms with Gasteiger partial charge in [-0.3, -0.25) is 0 Å². The Morgan fingerprint density at radius 3 is 2.67 bits per heavy atom. The molecular weight excluding hydrogens is 240 g/mol. The summed E-state index contributed by atoms with van der Waals surface area (Å²) in [5.41, 5.74) is 0.965. The van der Waals surface area contributed by atoms with Gasteiger partial charge in [-0.2, -0.15) is 0 Å². The molecule has 0 aliphatic rings. The van der Waals surface area contributed by atoms with E-state index in [-0.39, 0.29) is 6.04 Å². The maximum absolute atomic E-state index is 12.9. The van der Waals surface area contributed by atoms with Crippen LogP contribution in [0.5, 0.6) is 5.75 Å². The van der Waals surface area contributed by atoms with E-state index in [0.29, 0.717) is 6.42 Å². The topological polar surface area (TPSA) is 41.5 Å². The van der Waals surface area contributed by atoms with Crippen molar-refractivity contribution in [2.24, 2.45) is 0 Å². The van der Waals surface area contributed by atoms with Gasteiger partial charge >= 0.3 is 0 Å². The zero-order chi connectivity index (χ0) is 13.6. The third-order valence-corrected chi connectivity index (χ3v) is 2.66. The Bertz CT molecular complexity index is 372. The first-order chi connectivity index (χ1) is 8.48. The molecule has 1 unspecified atom stereocenters. The van der Waals surface area contributed by atoms with Crippen molar-refractivity contribution in [1.82, 2.24) is 5.32 Å². The van der Waals surface area contributed by atoms with Gasteiger partial charge in [0.2, 0.25) is 0 Å². The molecule has 0 bridgehead atoms. The highest BCUT2D eigenvalue weighted by Crippen LogP contribution is 2.19. The number of aliphatic hydroxyl groups excluding tert-OH is 1. The van der Waals surface area contributed by atoms with Gasteiger partial charge in [-0.05, 0) is 25.0 Å². The van der Waals surface area contributed by atoms with E-state index in [1.807, 2.05) is 31.2 Å². The number of methoxy groups -OCH3 is 1. The molecule has 0 fully saturated rings. The second kappa shape index (κ2) is 6.66. The van der Waals surface area contributed by atoms with Gasteiger partial charge in [0.05, 0.1) is 13.7 Å². The van der Waals surface area contributed by atoms with E-state index >= 15 is 0 Å². The van der Waals surface area contributed by atoms with E-state index in [1.54, 1.807) is 7.11 Å². The van der Waals surface area contributed by atoms with E-state index < -0.39 is 19.1 Å². The minimum atomic E-state index is -3.07. The van der Waals surface area contributed by atoms with Gasteiger partial charge in [0.25, 0.3) is 5.92 Å². The van der Waals surface area contributed by atoms with Crippen molar-refractivity contribution in [1.29, 1.82) is 0 Å². The lowest BCUT2D eigenvalue weighted by Gasteiger charge is -2.19. The molecule has 2 N–H and O–H groups in total. The lowest BCUT2D eigenvalue weighted by atomic mass is 10.1. The van der Waals surface area contributed by atoms with Crippen molar-refractivity contribution >= 4 is 0 Å². The van der Waals surface area contributed by atoms with Crippen LogP contribution in [0.15, 0.2) is 24.3 Å². The summed E-state index contributed by atoms with van der Waals surface area (Å²) in [6.45, 7) is 0.154. The minimum Gasteiger partial charge on any atom is -0.496 e. The van der Waals surface area contributed by atoms with Crippen molar-refractivity contribution in [2.45, 2.75) is 25.3 Å². The third kappa shape index (κ3) is 4.58. The van der Waals surface area contributed by atoms with E-state index in [2.05, 4.69) is 5.32 Å². The second-order valence-electron chi connectivity index (χ2n) is 4.31. The number of para-hydroxylation sites is 1. The Balaban J connectivity index is 2.52. The summed E-state index contributed by atoms with van der Waals surface area (Å²) in [4.78, 5) is 0. The number of nitrogens with one attached hydrogen (secondary N) is 1. The van der Waals surface area contributed by atoms with E-state index in [1.165, 1.54) is 0 Å². The maximum Gasteiger partial charge on any atom is 0.282 e. The number of hydrogen-bond acceptors (Lipinski definition) is 3. The van der Waals surface area contributed by atoms with Gasteiger partial charge in [0.1, 0.15) is 12.4 Å². The van der Waals surface area contributed by atoms with Gasteiger partial charge < -0.3 is 15.2 Å². The maximum atomic E-state index is 12.9. The van der Waals surface area contributed by atoms with Crippen LogP contribution in [0.3, 0.4) is 0 Å². The van der Waals surface area contributed by atoms with Gasteiger partial charge in [-0.15, -0.1) is 0 Å². The Labute approximate surface area is 106 Å². The van der Waals surface area contributed by atoms with Crippen LogP contribution in [-0.4, -0.2) is 37.3 Å². The largest absolute Gasteiger partial charge is 0.496 e. The van der Waals surface area contributed by atoms with E-state index in [4.69, 9.17) is 9.84 Å². The molecule has 0 aliphatic carbocycles. The molecule has 0 aliphatic heterocycles. The van der Waals surface area contributed by atoms with E-state index in [9.17, 15) is 8.78 Å². The fourth-order valence-electron chi connectivity index (χ4n) is 1.65. The molecule has 1 aromatic rings. The third-order valence-electron chi connectivity index (χ3n) is 2.66. The average molecular weight is 259 g/mol. The first-order valence-electron chi connectivity index (χ1n) is 5.82. The Morgan fingerprint density at radius 1 is 1.39 bits per heavy atom. The van der Waals surface area contributed by atoms with Crippen molar-refractivity contribution < 1.29 is 18.6 Å². The van der Waals surface area contributed by atoms with Crippen molar-refractivity contribution in [3.05, 3.63) is 29.8 Å². The van der Waals surface area contributed by atoms with Crippen LogP contribution in [0.2, 0.25) is 0 Å². The highest BCUT2D eigenvalue weighted by molar-refractivity contribution is 5.33. The van der Waals surface area contributed by atoms with Crippen LogP contribution in [0.1, 0.15) is 12.5 Å². The number of rotatable bonds is 7. The quantitative estimate of drug-likeness (QED) is 0.785. The standard InChI is InChI=1S/C13H19F2NO2/c1-10(16-8-13(14,15)9-17)7-11-5-3-4-6-12(11)18-2/h3-6,10,16-17H,7-9H2,1-2H3. The minimum absolute atomic E-state index is 0.126. The Hall–Kier alpha value is -1.20. The molecule has 0 radical (unpaired) electrons. The van der Waals surface area contributed by atoms with E-state index in [0.717, 1.165) is 11.3 Å². The van der Waals surface area contributed by atoms with Crippen molar-refractivity contribution in [2.75, 3.05) is 20.3 Å². The van der Waals surface area contributed by atoms with Crippen LogP contribution >= 0.6 is 0 Å². The highest BCUT2D eigenvalue weighted by atomic mass is 19.3. The lowest BCUT2D eigenvalue weighted by molar-refractivity contribution is -0.0490. The number of hydrogen-bond donors (Lipinski definition) is 2. The fourth-order valence-corrected chi connectivity index (χ4v) is 1.65. The Kier molecular flexibility index (Phi) is 5.50. The molecule has 0 spiro atoms. The molecule has 1 aromatic carbocycles. The number of benzene rings is 1. The first kappa shape index (κ1) is 14.9. The number of ether oxygens (including phenoxy) is 1. The molecule has 5 heteroatoms. The van der Waals surface area contributed by atoms with Crippen LogP contribution in [0.25, 0.3) is 0 Å². The van der Waals surface area contributed by atoms with Crippen molar-refractivity contribution in [3.8, 4) is 5.75 Å². The summed E-state index contributed by atoms with van der Waals surface area (Å²) < 4.78 is 30.9. The number of alkyl halides is 2. The molecular formula is C13H19F2NO2. The molecule has 102 valence electrons. The molecule has 0 saturated heterocycles. The summed E-state index contributed by atoms with van der Waals surface area (Å²) >= 11 is 0. The van der Waals surface area contributed by atoms with Crippen LogP contribution in [-0.2, 0) is 6.42 Å².